The van der Waals surface area contributed by atoms with Crippen molar-refractivity contribution in [2.75, 3.05) is 44.7 Å². The molecule has 0 atom stereocenters. The van der Waals surface area contributed by atoms with E-state index in [9.17, 15) is 10.1 Å². The van der Waals surface area contributed by atoms with E-state index in [0.29, 0.717) is 6.54 Å². The monoisotopic (exact) mass is 351 g/mol. The highest BCUT2D eigenvalue weighted by atomic mass is 16.6. The third-order valence-electron chi connectivity index (χ3n) is 4.63. The largest absolute Gasteiger partial charge is 0.469 e. The maximum atomic E-state index is 11.5. The predicted molar refractivity (Wildman–Crippen MR) is 91.9 cm³/mol. The summed E-state index contributed by atoms with van der Waals surface area (Å²) in [7, 11) is 0. The second-order valence-corrected chi connectivity index (χ2v) is 6.39. The third kappa shape index (κ3) is 4.99. The molecule has 0 unspecified atom stereocenters. The van der Waals surface area contributed by atoms with Gasteiger partial charge in [0.25, 0.3) is 5.88 Å². The summed E-state index contributed by atoms with van der Waals surface area (Å²) in [4.78, 5) is 21.4. The summed E-state index contributed by atoms with van der Waals surface area (Å²) in [5.41, 5.74) is -0.171. The van der Waals surface area contributed by atoms with Gasteiger partial charge >= 0.3 is 5.69 Å². The molecule has 1 saturated carbocycles. The van der Waals surface area contributed by atoms with Crippen molar-refractivity contribution in [1.82, 2.24) is 14.9 Å². The van der Waals surface area contributed by atoms with Crippen molar-refractivity contribution in [3.8, 4) is 5.88 Å². The summed E-state index contributed by atoms with van der Waals surface area (Å²) in [6.45, 7) is 4.57. The number of nitrogens with one attached hydrogen (secondary N) is 1. The van der Waals surface area contributed by atoms with Gasteiger partial charge in [0.15, 0.2) is 0 Å². The molecule has 0 amide bonds. The number of morpholine rings is 1. The van der Waals surface area contributed by atoms with Gasteiger partial charge in [-0.15, -0.1) is 0 Å². The maximum Gasteiger partial charge on any atom is 0.372 e. The van der Waals surface area contributed by atoms with E-state index in [-0.39, 0.29) is 23.5 Å². The molecular formula is C16H25N5O4. The molecule has 1 saturated heterocycles. The molecule has 2 heterocycles. The van der Waals surface area contributed by atoms with Crippen LogP contribution in [0.1, 0.15) is 32.1 Å². The first-order valence-corrected chi connectivity index (χ1v) is 8.94. The van der Waals surface area contributed by atoms with E-state index < -0.39 is 4.92 Å². The zero-order valence-electron chi connectivity index (χ0n) is 14.4. The lowest BCUT2D eigenvalue weighted by Gasteiger charge is -2.26. The highest BCUT2D eigenvalue weighted by Crippen LogP contribution is 2.33. The molecule has 1 N–H and O–H groups in total. The zero-order chi connectivity index (χ0) is 17.5. The summed E-state index contributed by atoms with van der Waals surface area (Å²) < 4.78 is 11.1. The van der Waals surface area contributed by atoms with Crippen LogP contribution in [0.25, 0.3) is 0 Å². The van der Waals surface area contributed by atoms with Crippen LogP contribution in [0.5, 0.6) is 5.88 Å². The Labute approximate surface area is 146 Å². The molecule has 9 heteroatoms. The molecular weight excluding hydrogens is 326 g/mol. The molecule has 25 heavy (non-hydrogen) atoms. The lowest BCUT2D eigenvalue weighted by atomic mass is 9.98. The highest BCUT2D eigenvalue weighted by Gasteiger charge is 2.27. The SMILES string of the molecule is O=[N+]([O-])c1c(NCCN2CCOCC2)ncnc1OC1CCCCC1. The van der Waals surface area contributed by atoms with Crippen LogP contribution >= 0.6 is 0 Å². The topological polar surface area (TPSA) is 103 Å². The molecule has 0 aromatic carbocycles. The van der Waals surface area contributed by atoms with Gasteiger partial charge in [-0.05, 0) is 25.7 Å². The normalized spacial score (nSPS) is 19.5. The highest BCUT2D eigenvalue weighted by molar-refractivity contribution is 5.61. The van der Waals surface area contributed by atoms with Gasteiger partial charge in [-0.3, -0.25) is 15.0 Å². The van der Waals surface area contributed by atoms with Gasteiger partial charge in [0.1, 0.15) is 12.4 Å². The molecule has 1 aromatic rings. The first-order valence-electron chi connectivity index (χ1n) is 8.94. The van der Waals surface area contributed by atoms with Crippen molar-refractivity contribution in [2.45, 2.75) is 38.2 Å². The number of aromatic nitrogens is 2. The molecule has 0 spiro atoms. The Morgan fingerprint density at radius 2 is 2.04 bits per heavy atom. The van der Waals surface area contributed by atoms with Crippen molar-refractivity contribution < 1.29 is 14.4 Å². The Bertz CT molecular complexity index is 574. The third-order valence-corrected chi connectivity index (χ3v) is 4.63. The second kappa shape index (κ2) is 8.91. The van der Waals surface area contributed by atoms with Crippen LogP contribution in [0.15, 0.2) is 6.33 Å². The Morgan fingerprint density at radius 1 is 1.28 bits per heavy atom. The summed E-state index contributed by atoms with van der Waals surface area (Å²) in [5.74, 6) is 0.292. The number of anilines is 1. The summed E-state index contributed by atoms with van der Waals surface area (Å²) in [5, 5.41) is 14.6. The van der Waals surface area contributed by atoms with Crippen LogP contribution in [0.4, 0.5) is 11.5 Å². The van der Waals surface area contributed by atoms with Crippen molar-refractivity contribution in [3.05, 3.63) is 16.4 Å². The van der Waals surface area contributed by atoms with Gasteiger partial charge in [0.05, 0.1) is 18.1 Å². The van der Waals surface area contributed by atoms with Crippen molar-refractivity contribution >= 4 is 11.5 Å². The quantitative estimate of drug-likeness (QED) is 0.586. The zero-order valence-corrected chi connectivity index (χ0v) is 14.4. The fourth-order valence-corrected chi connectivity index (χ4v) is 3.24. The van der Waals surface area contributed by atoms with E-state index in [2.05, 4.69) is 20.2 Å². The van der Waals surface area contributed by atoms with Gasteiger partial charge in [0, 0.05) is 26.2 Å². The second-order valence-electron chi connectivity index (χ2n) is 6.39. The van der Waals surface area contributed by atoms with Gasteiger partial charge < -0.3 is 14.8 Å². The molecule has 138 valence electrons. The average Bonchev–Trinajstić information content (AvgIpc) is 2.63. The number of nitro groups is 1. The van der Waals surface area contributed by atoms with Crippen molar-refractivity contribution in [3.63, 3.8) is 0 Å². The van der Waals surface area contributed by atoms with Crippen LogP contribution in [0.3, 0.4) is 0 Å². The summed E-state index contributed by atoms with van der Waals surface area (Å²) in [6, 6.07) is 0. The summed E-state index contributed by atoms with van der Waals surface area (Å²) in [6.07, 6.45) is 6.54. The molecule has 0 bridgehead atoms. The first kappa shape index (κ1) is 17.8. The van der Waals surface area contributed by atoms with E-state index in [1.807, 2.05) is 0 Å². The number of ether oxygens (including phenoxy) is 2. The summed E-state index contributed by atoms with van der Waals surface area (Å²) >= 11 is 0. The Kier molecular flexibility index (Phi) is 6.35. The number of nitrogens with zero attached hydrogens (tertiary/aromatic N) is 4. The van der Waals surface area contributed by atoms with Gasteiger partial charge in [-0.1, -0.05) is 6.42 Å². The fraction of sp³-hybridized carbons (Fsp3) is 0.750. The molecule has 1 aliphatic heterocycles. The average molecular weight is 351 g/mol. The molecule has 9 nitrogen and oxygen atoms in total. The number of hydrogen-bond acceptors (Lipinski definition) is 8. The number of rotatable bonds is 7. The maximum absolute atomic E-state index is 11.5. The first-order chi connectivity index (χ1) is 12.2. The standard InChI is InChI=1S/C16H25N5O4/c22-21(23)14-15(17-6-7-20-8-10-24-11-9-20)18-12-19-16(14)25-13-4-2-1-3-5-13/h12-13H,1-11H2,(H,17,18,19). The molecule has 3 rings (SSSR count). The fourth-order valence-electron chi connectivity index (χ4n) is 3.24. The van der Waals surface area contributed by atoms with Crippen LogP contribution in [-0.2, 0) is 4.74 Å². The Hall–Kier alpha value is -2.00. The lowest BCUT2D eigenvalue weighted by molar-refractivity contribution is -0.385. The molecule has 0 radical (unpaired) electrons. The Morgan fingerprint density at radius 3 is 2.76 bits per heavy atom. The van der Waals surface area contributed by atoms with Crippen LogP contribution < -0.4 is 10.1 Å². The van der Waals surface area contributed by atoms with E-state index >= 15 is 0 Å². The molecule has 1 aliphatic carbocycles. The van der Waals surface area contributed by atoms with Crippen molar-refractivity contribution in [1.29, 1.82) is 0 Å². The van der Waals surface area contributed by atoms with E-state index in [1.54, 1.807) is 0 Å². The minimum Gasteiger partial charge on any atom is -0.469 e. The van der Waals surface area contributed by atoms with Gasteiger partial charge in [-0.25, -0.2) is 4.98 Å². The van der Waals surface area contributed by atoms with E-state index in [0.717, 1.165) is 58.5 Å². The minimum absolute atomic E-state index is 0.00329. The van der Waals surface area contributed by atoms with Crippen molar-refractivity contribution in [2.24, 2.45) is 0 Å². The van der Waals surface area contributed by atoms with E-state index in [1.165, 1.54) is 12.7 Å². The molecule has 2 fully saturated rings. The van der Waals surface area contributed by atoms with E-state index in [4.69, 9.17) is 9.47 Å². The molecule has 1 aromatic heterocycles. The van der Waals surface area contributed by atoms with Crippen LogP contribution in [-0.4, -0.2) is 65.3 Å². The minimum atomic E-state index is -0.463. The van der Waals surface area contributed by atoms with Gasteiger partial charge in [0.2, 0.25) is 5.82 Å². The molecule has 2 aliphatic rings. The van der Waals surface area contributed by atoms with Crippen LogP contribution in [0.2, 0.25) is 0 Å². The predicted octanol–water partition coefficient (Wildman–Crippen LogP) is 1.84. The smallest absolute Gasteiger partial charge is 0.372 e. The lowest BCUT2D eigenvalue weighted by Crippen LogP contribution is -2.39. The Balaban J connectivity index is 1.63. The van der Waals surface area contributed by atoms with Gasteiger partial charge in [-0.2, -0.15) is 4.98 Å². The van der Waals surface area contributed by atoms with Crippen LogP contribution in [0, 0.1) is 10.1 Å². The number of hydrogen-bond donors (Lipinski definition) is 1.